The van der Waals surface area contributed by atoms with E-state index in [0.29, 0.717) is 19.4 Å². The van der Waals surface area contributed by atoms with E-state index in [4.69, 9.17) is 0 Å². The zero-order chi connectivity index (χ0) is 13.8. The monoisotopic (exact) mass is 329 g/mol. The smallest absolute Gasteiger partial charge is 0.356 e. The number of halogens is 4. The van der Waals surface area contributed by atoms with E-state index in [1.807, 2.05) is 6.92 Å². The van der Waals surface area contributed by atoms with Gasteiger partial charge in [0.1, 0.15) is 0 Å². The molecular formula is C12H19BrF3NO. The van der Waals surface area contributed by atoms with Crippen molar-refractivity contribution in [2.75, 3.05) is 11.9 Å². The molecule has 0 saturated heterocycles. The lowest BCUT2D eigenvalue weighted by atomic mass is 9.80. The van der Waals surface area contributed by atoms with Gasteiger partial charge < -0.3 is 5.32 Å². The van der Waals surface area contributed by atoms with Crippen molar-refractivity contribution >= 4 is 21.8 Å². The Morgan fingerprint density at radius 2 is 2.11 bits per heavy atom. The quantitative estimate of drug-likeness (QED) is 0.786. The van der Waals surface area contributed by atoms with Crippen LogP contribution in [0, 0.1) is 17.8 Å². The molecule has 3 atom stereocenters. The van der Waals surface area contributed by atoms with Crippen LogP contribution in [0.4, 0.5) is 13.2 Å². The van der Waals surface area contributed by atoms with Crippen LogP contribution in [-0.4, -0.2) is 24.0 Å². The Morgan fingerprint density at radius 1 is 1.44 bits per heavy atom. The van der Waals surface area contributed by atoms with Crippen molar-refractivity contribution in [1.82, 2.24) is 5.32 Å². The molecule has 106 valence electrons. The Hall–Kier alpha value is -0.260. The highest BCUT2D eigenvalue weighted by atomic mass is 79.9. The first kappa shape index (κ1) is 15.8. The molecule has 18 heavy (non-hydrogen) atoms. The molecule has 0 radical (unpaired) electrons. The second-order valence-electron chi connectivity index (χ2n) is 5.11. The number of hydrogen-bond donors (Lipinski definition) is 1. The third-order valence-electron chi connectivity index (χ3n) is 3.40. The summed E-state index contributed by atoms with van der Waals surface area (Å²) >= 11 is 3.30. The average Bonchev–Trinajstić information content (AvgIpc) is 2.34. The van der Waals surface area contributed by atoms with Gasteiger partial charge in [0.15, 0.2) is 0 Å². The topological polar surface area (TPSA) is 29.1 Å². The van der Waals surface area contributed by atoms with Crippen molar-refractivity contribution in [3.05, 3.63) is 0 Å². The molecule has 1 fully saturated rings. The van der Waals surface area contributed by atoms with Gasteiger partial charge >= 0.3 is 6.18 Å². The summed E-state index contributed by atoms with van der Waals surface area (Å²) in [7, 11) is 0. The van der Waals surface area contributed by atoms with E-state index in [1.54, 1.807) is 0 Å². The second kappa shape index (κ2) is 6.78. The minimum atomic E-state index is -4.16. The molecule has 0 aromatic rings. The first-order valence-corrected chi connectivity index (χ1v) is 7.37. The van der Waals surface area contributed by atoms with E-state index in [-0.39, 0.29) is 24.7 Å². The number of rotatable bonds is 4. The lowest BCUT2D eigenvalue weighted by molar-refractivity contribution is -0.186. The third-order valence-corrected chi connectivity index (χ3v) is 4.50. The second-order valence-corrected chi connectivity index (χ2v) is 5.75. The van der Waals surface area contributed by atoms with Crippen LogP contribution in [0.3, 0.4) is 0 Å². The molecule has 0 heterocycles. The maximum atomic E-state index is 12.6. The van der Waals surface area contributed by atoms with Crippen molar-refractivity contribution in [2.24, 2.45) is 17.8 Å². The first-order valence-electron chi connectivity index (χ1n) is 6.25. The SMILES string of the molecule is CC(CBr)CNC(=O)C1CCCC(C(F)(F)F)C1. The molecular weight excluding hydrogens is 311 g/mol. The summed E-state index contributed by atoms with van der Waals surface area (Å²) in [4.78, 5) is 11.8. The summed E-state index contributed by atoms with van der Waals surface area (Å²) in [6.07, 6.45) is -3.01. The summed E-state index contributed by atoms with van der Waals surface area (Å²) in [5.41, 5.74) is 0. The largest absolute Gasteiger partial charge is 0.391 e. The molecule has 1 N–H and O–H groups in total. The van der Waals surface area contributed by atoms with Crippen molar-refractivity contribution in [2.45, 2.75) is 38.8 Å². The zero-order valence-electron chi connectivity index (χ0n) is 10.4. The third kappa shape index (κ3) is 4.78. The van der Waals surface area contributed by atoms with Gasteiger partial charge in [0, 0.05) is 17.8 Å². The van der Waals surface area contributed by atoms with E-state index < -0.39 is 18.0 Å². The van der Waals surface area contributed by atoms with Crippen LogP contribution < -0.4 is 5.32 Å². The van der Waals surface area contributed by atoms with Gasteiger partial charge in [-0.25, -0.2) is 0 Å². The van der Waals surface area contributed by atoms with Crippen LogP contribution in [0.15, 0.2) is 0 Å². The number of carbonyl (C=O) groups is 1. The van der Waals surface area contributed by atoms with Crippen LogP contribution in [0.2, 0.25) is 0 Å². The number of nitrogens with one attached hydrogen (secondary N) is 1. The lowest BCUT2D eigenvalue weighted by Gasteiger charge is -2.30. The molecule has 2 nitrogen and oxygen atoms in total. The van der Waals surface area contributed by atoms with Gasteiger partial charge in [-0.15, -0.1) is 0 Å². The predicted molar refractivity (Wildman–Crippen MR) is 67.5 cm³/mol. The van der Waals surface area contributed by atoms with Gasteiger partial charge in [-0.05, 0) is 25.2 Å². The molecule has 0 bridgehead atoms. The van der Waals surface area contributed by atoms with Crippen molar-refractivity contribution in [3.8, 4) is 0 Å². The summed E-state index contributed by atoms with van der Waals surface area (Å²) in [6, 6.07) is 0. The summed E-state index contributed by atoms with van der Waals surface area (Å²) < 4.78 is 37.8. The van der Waals surface area contributed by atoms with Gasteiger partial charge in [0.05, 0.1) is 5.92 Å². The summed E-state index contributed by atoms with van der Waals surface area (Å²) in [6.45, 7) is 2.48. The molecule has 1 rings (SSSR count). The fraction of sp³-hybridized carbons (Fsp3) is 0.917. The highest BCUT2D eigenvalue weighted by Crippen LogP contribution is 2.39. The molecule has 0 spiro atoms. The maximum absolute atomic E-state index is 12.6. The molecule has 1 amide bonds. The van der Waals surface area contributed by atoms with Gasteiger partial charge in [-0.2, -0.15) is 13.2 Å². The Balaban J connectivity index is 2.44. The fourth-order valence-electron chi connectivity index (χ4n) is 2.20. The number of carbonyl (C=O) groups excluding carboxylic acids is 1. The predicted octanol–water partition coefficient (Wildman–Crippen LogP) is 3.50. The highest BCUT2D eigenvalue weighted by Gasteiger charge is 2.43. The Labute approximate surface area is 114 Å². The fourth-order valence-corrected chi connectivity index (χ4v) is 2.43. The molecule has 0 aromatic carbocycles. The highest BCUT2D eigenvalue weighted by molar-refractivity contribution is 9.09. The summed E-state index contributed by atoms with van der Waals surface area (Å²) in [5.74, 6) is -1.73. The zero-order valence-corrected chi connectivity index (χ0v) is 12.0. The molecule has 3 unspecified atom stereocenters. The first-order chi connectivity index (χ1) is 8.34. The number of alkyl halides is 4. The van der Waals surface area contributed by atoms with Gasteiger partial charge in [0.25, 0.3) is 0 Å². The molecule has 6 heteroatoms. The lowest BCUT2D eigenvalue weighted by Crippen LogP contribution is -2.39. The van der Waals surface area contributed by atoms with Crippen molar-refractivity contribution in [3.63, 3.8) is 0 Å². The van der Waals surface area contributed by atoms with E-state index in [0.717, 1.165) is 5.33 Å². The minimum absolute atomic E-state index is 0.0575. The van der Waals surface area contributed by atoms with Gasteiger partial charge in [-0.3, -0.25) is 4.79 Å². The van der Waals surface area contributed by atoms with E-state index in [1.165, 1.54) is 0 Å². The Bertz CT molecular complexity index is 283. The van der Waals surface area contributed by atoms with E-state index in [9.17, 15) is 18.0 Å². The van der Waals surface area contributed by atoms with Crippen LogP contribution >= 0.6 is 15.9 Å². The molecule has 0 aromatic heterocycles. The van der Waals surface area contributed by atoms with Crippen molar-refractivity contribution < 1.29 is 18.0 Å². The molecule has 1 aliphatic carbocycles. The number of hydrogen-bond acceptors (Lipinski definition) is 1. The average molecular weight is 330 g/mol. The van der Waals surface area contributed by atoms with E-state index in [2.05, 4.69) is 21.2 Å². The molecule has 1 saturated carbocycles. The van der Waals surface area contributed by atoms with Crippen molar-refractivity contribution in [1.29, 1.82) is 0 Å². The van der Waals surface area contributed by atoms with Crippen LogP contribution in [0.25, 0.3) is 0 Å². The van der Waals surface area contributed by atoms with Crippen LogP contribution in [-0.2, 0) is 4.79 Å². The Morgan fingerprint density at radius 3 is 2.67 bits per heavy atom. The van der Waals surface area contributed by atoms with E-state index >= 15 is 0 Å². The van der Waals surface area contributed by atoms with Crippen LogP contribution in [0.1, 0.15) is 32.6 Å². The minimum Gasteiger partial charge on any atom is -0.356 e. The summed E-state index contributed by atoms with van der Waals surface area (Å²) in [5, 5.41) is 3.51. The normalized spacial score (nSPS) is 26.7. The number of amides is 1. The van der Waals surface area contributed by atoms with Gasteiger partial charge in [0.2, 0.25) is 5.91 Å². The maximum Gasteiger partial charge on any atom is 0.391 e. The van der Waals surface area contributed by atoms with Crippen LogP contribution in [0.5, 0.6) is 0 Å². The van der Waals surface area contributed by atoms with Gasteiger partial charge in [-0.1, -0.05) is 29.3 Å². The standard InChI is InChI=1S/C12H19BrF3NO/c1-8(6-13)7-17-11(18)9-3-2-4-10(5-9)12(14,15)16/h8-10H,2-7H2,1H3,(H,17,18). The Kier molecular flexibility index (Phi) is 5.95. The molecule has 1 aliphatic rings. The molecule has 0 aliphatic heterocycles.